The average Bonchev–Trinajstić information content (AvgIpc) is 3.08. The number of anilines is 1. The summed E-state index contributed by atoms with van der Waals surface area (Å²) in [6, 6.07) is 6.97. The summed E-state index contributed by atoms with van der Waals surface area (Å²) < 4.78 is 7.22. The Morgan fingerprint density at radius 2 is 1.88 bits per heavy atom. The van der Waals surface area contributed by atoms with Crippen LogP contribution in [-0.4, -0.2) is 64.7 Å². The number of amides is 2. The number of carbonyl (C=O) groups excluding carboxylic acids is 2. The summed E-state index contributed by atoms with van der Waals surface area (Å²) in [6.07, 6.45) is 1.52. The van der Waals surface area contributed by atoms with Crippen LogP contribution in [0.5, 0.6) is 0 Å². The van der Waals surface area contributed by atoms with Gasteiger partial charge in [-0.15, -0.1) is 0 Å². The van der Waals surface area contributed by atoms with Gasteiger partial charge >= 0.3 is 0 Å². The van der Waals surface area contributed by atoms with Gasteiger partial charge in [0.15, 0.2) is 5.11 Å². The van der Waals surface area contributed by atoms with Crippen LogP contribution >= 0.6 is 12.2 Å². The molecule has 2 fully saturated rings. The van der Waals surface area contributed by atoms with Crippen molar-refractivity contribution < 1.29 is 19.2 Å². The lowest BCUT2D eigenvalue weighted by Crippen LogP contribution is -2.52. The minimum Gasteiger partial charge on any atom is -0.378 e. The molecule has 10 nitrogen and oxygen atoms in total. The topological polar surface area (TPSA) is 110 Å². The molecule has 0 unspecified atom stereocenters. The van der Waals surface area contributed by atoms with E-state index in [0.717, 1.165) is 11.4 Å². The highest BCUT2D eigenvalue weighted by Crippen LogP contribution is 2.33. The number of nitrogens with zero attached hydrogens (tertiary/aromatic N) is 4. The molecule has 4 rings (SSSR count). The molecule has 2 saturated heterocycles. The number of likely N-dealkylation sites (N-methyl/N-ethyl adjacent to an activating group) is 1. The molecule has 2 aromatic rings. The fraction of sp³-hybridized carbons (Fsp3) is 0.318. The molecule has 11 heteroatoms. The molecular formula is C22H23N5O5S. The third-order valence-electron chi connectivity index (χ3n) is 5.84. The number of nitro groups is 1. The Bertz CT molecular complexity index is 1210. The quantitative estimate of drug-likeness (QED) is 0.240. The molecule has 33 heavy (non-hydrogen) atoms. The van der Waals surface area contributed by atoms with Gasteiger partial charge in [0.25, 0.3) is 17.5 Å². The molecule has 1 aromatic heterocycles. The molecule has 0 aliphatic carbocycles. The third-order valence-corrected chi connectivity index (χ3v) is 6.22. The average molecular weight is 470 g/mol. The Hall–Kier alpha value is -3.57. The van der Waals surface area contributed by atoms with Gasteiger partial charge in [-0.05, 0) is 55.9 Å². The van der Waals surface area contributed by atoms with E-state index in [0.29, 0.717) is 43.2 Å². The molecule has 0 atom stereocenters. The van der Waals surface area contributed by atoms with Crippen LogP contribution in [0.2, 0.25) is 0 Å². The summed E-state index contributed by atoms with van der Waals surface area (Å²) in [4.78, 5) is 39.5. The van der Waals surface area contributed by atoms with Crippen molar-refractivity contribution in [3.8, 4) is 5.69 Å². The number of benzene rings is 1. The summed E-state index contributed by atoms with van der Waals surface area (Å²) in [5, 5.41) is 14.4. The molecule has 1 aromatic carbocycles. The van der Waals surface area contributed by atoms with Crippen LogP contribution < -0.4 is 10.2 Å². The van der Waals surface area contributed by atoms with Crippen molar-refractivity contribution in [2.75, 3.05) is 38.3 Å². The van der Waals surface area contributed by atoms with E-state index in [-0.39, 0.29) is 21.3 Å². The number of hydrogen-bond acceptors (Lipinski definition) is 7. The monoisotopic (exact) mass is 469 g/mol. The summed E-state index contributed by atoms with van der Waals surface area (Å²) in [5.74, 6) is -1.04. The molecule has 172 valence electrons. The molecule has 1 N–H and O–H groups in total. The van der Waals surface area contributed by atoms with E-state index in [9.17, 15) is 19.7 Å². The summed E-state index contributed by atoms with van der Waals surface area (Å²) in [6.45, 7) is 5.93. The molecule has 2 amide bonds. The number of aryl methyl sites for hydroxylation is 1. The smallest absolute Gasteiger partial charge is 0.294 e. The number of hydrogen-bond donors (Lipinski definition) is 1. The highest BCUT2D eigenvalue weighted by Gasteiger charge is 2.31. The second-order valence-electron chi connectivity index (χ2n) is 7.87. The van der Waals surface area contributed by atoms with Crippen molar-refractivity contribution in [3.63, 3.8) is 0 Å². The van der Waals surface area contributed by atoms with E-state index >= 15 is 0 Å². The molecule has 3 heterocycles. The Morgan fingerprint density at radius 1 is 1.18 bits per heavy atom. The molecule has 0 bridgehead atoms. The second-order valence-corrected chi connectivity index (χ2v) is 8.26. The number of ether oxygens (including phenoxy) is 1. The number of nitro benzene ring substituents is 1. The maximum atomic E-state index is 12.5. The van der Waals surface area contributed by atoms with Gasteiger partial charge in [0.1, 0.15) is 11.3 Å². The van der Waals surface area contributed by atoms with Gasteiger partial charge in [-0.3, -0.25) is 29.9 Å². The van der Waals surface area contributed by atoms with E-state index in [4.69, 9.17) is 17.0 Å². The highest BCUT2D eigenvalue weighted by atomic mass is 32.1. The third kappa shape index (κ3) is 4.12. The number of rotatable bonds is 4. The first kappa shape index (κ1) is 22.6. The fourth-order valence-corrected chi connectivity index (χ4v) is 4.28. The first-order chi connectivity index (χ1) is 15.7. The molecule has 0 spiro atoms. The lowest BCUT2D eigenvalue weighted by molar-refractivity contribution is -0.384. The van der Waals surface area contributed by atoms with E-state index in [2.05, 4.69) is 5.32 Å². The van der Waals surface area contributed by atoms with Crippen molar-refractivity contribution >= 4 is 46.6 Å². The number of thiocarbonyl (C=S) groups is 1. The molecule has 0 saturated carbocycles. The lowest BCUT2D eigenvalue weighted by atomic mass is 10.1. The van der Waals surface area contributed by atoms with Crippen molar-refractivity contribution in [2.45, 2.75) is 13.8 Å². The zero-order valence-corrected chi connectivity index (χ0v) is 19.3. The Kier molecular flexibility index (Phi) is 6.00. The van der Waals surface area contributed by atoms with Gasteiger partial charge in [-0.1, -0.05) is 0 Å². The number of nitrogens with one attached hydrogen (secondary N) is 1. The van der Waals surface area contributed by atoms with Crippen molar-refractivity contribution in [3.05, 3.63) is 56.9 Å². The van der Waals surface area contributed by atoms with Gasteiger partial charge in [-0.25, -0.2) is 0 Å². The first-order valence-corrected chi connectivity index (χ1v) is 10.8. The zero-order valence-electron chi connectivity index (χ0n) is 18.5. The molecule has 0 radical (unpaired) electrons. The number of carbonyl (C=O) groups is 2. The largest absolute Gasteiger partial charge is 0.378 e. The summed E-state index contributed by atoms with van der Waals surface area (Å²) in [5.41, 5.74) is 3.37. The number of aromatic nitrogens is 1. The van der Waals surface area contributed by atoms with Crippen LogP contribution in [0.15, 0.2) is 29.8 Å². The predicted octanol–water partition coefficient (Wildman–Crippen LogP) is 2.10. The maximum Gasteiger partial charge on any atom is 0.294 e. The van der Waals surface area contributed by atoms with Crippen LogP contribution in [0.4, 0.5) is 11.4 Å². The highest BCUT2D eigenvalue weighted by molar-refractivity contribution is 7.80. The number of morpholine rings is 1. The van der Waals surface area contributed by atoms with Crippen LogP contribution in [0.1, 0.15) is 17.0 Å². The molecule has 2 aliphatic rings. The maximum absolute atomic E-state index is 12.5. The molecule has 2 aliphatic heterocycles. The van der Waals surface area contributed by atoms with Gasteiger partial charge in [0, 0.05) is 37.6 Å². The Balaban J connectivity index is 1.75. The van der Waals surface area contributed by atoms with Crippen LogP contribution in [-0.2, 0) is 14.3 Å². The lowest BCUT2D eigenvalue weighted by Gasteiger charge is -2.28. The normalized spacial score (nSPS) is 18.2. The van der Waals surface area contributed by atoms with Crippen molar-refractivity contribution in [1.82, 2.24) is 14.8 Å². The minimum absolute atomic E-state index is 0.0128. The standard InChI is InChI=1S/C22H23N5O5S/c1-13-10-15(11-17-20(28)23-22(33)24(3)21(17)29)14(2)26(13)16-4-5-18(19(12-16)27(30)31)25-6-8-32-9-7-25/h4-5,10-12H,6-9H2,1-3H3,(H,23,28,33)/b17-11+. The fourth-order valence-electron chi connectivity index (χ4n) is 4.10. The molecular weight excluding hydrogens is 446 g/mol. The second kappa shape index (κ2) is 8.75. The van der Waals surface area contributed by atoms with Crippen LogP contribution in [0, 0.1) is 24.0 Å². The van der Waals surface area contributed by atoms with E-state index < -0.39 is 11.8 Å². The summed E-state index contributed by atoms with van der Waals surface area (Å²) >= 11 is 4.98. The Labute approximate surface area is 195 Å². The van der Waals surface area contributed by atoms with Gasteiger partial charge in [0.2, 0.25) is 0 Å². The van der Waals surface area contributed by atoms with Gasteiger partial charge in [0.05, 0.1) is 23.8 Å². The van der Waals surface area contributed by atoms with Crippen LogP contribution in [0.25, 0.3) is 11.8 Å². The zero-order chi connectivity index (χ0) is 23.9. The van der Waals surface area contributed by atoms with Gasteiger partial charge in [-0.2, -0.15) is 0 Å². The SMILES string of the molecule is Cc1cc(/C=C2\C(=O)NC(=S)N(C)C2=O)c(C)n1-c1ccc(N2CCOCC2)c([N+](=O)[O-])c1. The summed E-state index contributed by atoms with van der Waals surface area (Å²) in [7, 11) is 1.50. The van der Waals surface area contributed by atoms with Crippen molar-refractivity contribution in [2.24, 2.45) is 0 Å². The van der Waals surface area contributed by atoms with E-state index in [1.165, 1.54) is 18.0 Å². The van der Waals surface area contributed by atoms with Crippen molar-refractivity contribution in [1.29, 1.82) is 0 Å². The predicted molar refractivity (Wildman–Crippen MR) is 126 cm³/mol. The van der Waals surface area contributed by atoms with E-state index in [1.807, 2.05) is 35.4 Å². The van der Waals surface area contributed by atoms with Gasteiger partial charge < -0.3 is 14.2 Å². The Morgan fingerprint density at radius 3 is 2.55 bits per heavy atom. The van der Waals surface area contributed by atoms with Crippen LogP contribution in [0.3, 0.4) is 0 Å². The minimum atomic E-state index is -0.557. The first-order valence-electron chi connectivity index (χ1n) is 10.3. The van der Waals surface area contributed by atoms with E-state index in [1.54, 1.807) is 12.1 Å².